The van der Waals surface area contributed by atoms with E-state index in [0.717, 1.165) is 4.43 Å². The third-order valence-electron chi connectivity index (χ3n) is 0.684. The monoisotopic (exact) mass is 224 g/mol. The molecular weight excluding hydrogens is 219 g/mol. The summed E-state index contributed by atoms with van der Waals surface area (Å²) in [6, 6.07) is 0. The number of alkyl halides is 1. The van der Waals surface area contributed by atoms with Crippen molar-refractivity contribution in [2.45, 2.75) is 11.4 Å². The number of rotatable bonds is 1. The van der Waals surface area contributed by atoms with Crippen molar-refractivity contribution in [3.8, 4) is 0 Å². The summed E-state index contributed by atoms with van der Waals surface area (Å²) in [4.78, 5) is 3.94. The van der Waals surface area contributed by atoms with Crippen LogP contribution in [-0.4, -0.2) is 10.1 Å². The van der Waals surface area contributed by atoms with Gasteiger partial charge in [0.15, 0.2) is 5.82 Å². The molecule has 44 valence electrons. The molecule has 0 aliphatic heterocycles. The highest BCUT2D eigenvalue weighted by molar-refractivity contribution is 14.1. The zero-order valence-electron chi connectivity index (χ0n) is 4.39. The Balaban J connectivity index is 2.84. The van der Waals surface area contributed by atoms with Crippen LogP contribution in [0.1, 0.15) is 11.7 Å². The Bertz CT molecular complexity index is 174. The molecule has 3 nitrogen and oxygen atoms in total. The first-order valence-electron chi connectivity index (χ1n) is 2.18. The molecule has 0 amide bonds. The smallest absolute Gasteiger partial charge is 0.236 e. The SMILES string of the molecule is Cc1noc(CI)n1. The van der Waals surface area contributed by atoms with E-state index in [1.165, 1.54) is 0 Å². The Morgan fingerprint density at radius 2 is 2.50 bits per heavy atom. The second-order valence-electron chi connectivity index (χ2n) is 1.37. The van der Waals surface area contributed by atoms with Crippen LogP contribution in [0.15, 0.2) is 4.52 Å². The minimum atomic E-state index is 0.697. The number of halogens is 1. The van der Waals surface area contributed by atoms with Crippen LogP contribution in [0.4, 0.5) is 0 Å². The van der Waals surface area contributed by atoms with Gasteiger partial charge in [-0.15, -0.1) is 0 Å². The topological polar surface area (TPSA) is 38.9 Å². The van der Waals surface area contributed by atoms with Crippen LogP contribution in [0.2, 0.25) is 0 Å². The molecule has 1 rings (SSSR count). The first kappa shape index (κ1) is 6.00. The maximum atomic E-state index is 4.74. The Morgan fingerprint density at radius 3 is 2.75 bits per heavy atom. The summed E-state index contributed by atoms with van der Waals surface area (Å²) in [6.07, 6.45) is 0. The Kier molecular flexibility index (Phi) is 1.82. The van der Waals surface area contributed by atoms with Crippen molar-refractivity contribution >= 4 is 22.6 Å². The van der Waals surface area contributed by atoms with Gasteiger partial charge >= 0.3 is 0 Å². The van der Waals surface area contributed by atoms with Gasteiger partial charge in [0.25, 0.3) is 0 Å². The van der Waals surface area contributed by atoms with Gasteiger partial charge in [-0.05, 0) is 6.92 Å². The van der Waals surface area contributed by atoms with Crippen molar-refractivity contribution in [3.63, 3.8) is 0 Å². The van der Waals surface area contributed by atoms with Gasteiger partial charge in [0, 0.05) is 0 Å². The molecule has 0 aromatic carbocycles. The maximum absolute atomic E-state index is 4.74. The average Bonchev–Trinajstić information content (AvgIpc) is 2.14. The maximum Gasteiger partial charge on any atom is 0.236 e. The molecule has 0 spiro atoms. The lowest BCUT2D eigenvalue weighted by atomic mass is 10.7. The number of nitrogens with zero attached hydrogens (tertiary/aromatic N) is 2. The van der Waals surface area contributed by atoms with E-state index in [-0.39, 0.29) is 0 Å². The highest BCUT2D eigenvalue weighted by Crippen LogP contribution is 2.00. The van der Waals surface area contributed by atoms with Crippen LogP contribution in [0.5, 0.6) is 0 Å². The molecular formula is C4H5IN2O. The van der Waals surface area contributed by atoms with Crippen LogP contribution in [-0.2, 0) is 4.43 Å². The summed E-state index contributed by atoms with van der Waals surface area (Å²) < 4.78 is 5.54. The van der Waals surface area contributed by atoms with Crippen molar-refractivity contribution in [1.82, 2.24) is 10.1 Å². The Hall–Kier alpha value is -0.130. The van der Waals surface area contributed by atoms with Crippen LogP contribution >= 0.6 is 22.6 Å². The van der Waals surface area contributed by atoms with Crippen molar-refractivity contribution in [3.05, 3.63) is 11.7 Å². The fraction of sp³-hybridized carbons (Fsp3) is 0.500. The minimum absolute atomic E-state index is 0.697. The van der Waals surface area contributed by atoms with Gasteiger partial charge in [0.1, 0.15) is 0 Å². The molecule has 0 N–H and O–H groups in total. The summed E-state index contributed by atoms with van der Waals surface area (Å²) in [5.74, 6) is 1.40. The van der Waals surface area contributed by atoms with E-state index < -0.39 is 0 Å². The molecule has 4 heteroatoms. The lowest BCUT2D eigenvalue weighted by Crippen LogP contribution is -1.74. The molecule has 0 atom stereocenters. The second-order valence-corrected chi connectivity index (χ2v) is 2.13. The zero-order valence-corrected chi connectivity index (χ0v) is 6.55. The summed E-state index contributed by atoms with van der Waals surface area (Å²) in [5, 5.41) is 3.60. The van der Waals surface area contributed by atoms with Gasteiger partial charge in [0.2, 0.25) is 5.89 Å². The summed E-state index contributed by atoms with van der Waals surface area (Å²) in [5.41, 5.74) is 0. The fourth-order valence-corrected chi connectivity index (χ4v) is 0.704. The van der Waals surface area contributed by atoms with E-state index in [1.807, 2.05) is 0 Å². The molecule has 0 saturated heterocycles. The van der Waals surface area contributed by atoms with Gasteiger partial charge in [-0.3, -0.25) is 0 Å². The number of aryl methyl sites for hydroxylation is 1. The molecule has 1 aromatic rings. The van der Waals surface area contributed by atoms with Crippen LogP contribution < -0.4 is 0 Å². The van der Waals surface area contributed by atoms with E-state index in [9.17, 15) is 0 Å². The van der Waals surface area contributed by atoms with Gasteiger partial charge in [-0.1, -0.05) is 27.7 Å². The third kappa shape index (κ3) is 1.18. The zero-order chi connectivity index (χ0) is 5.98. The van der Waals surface area contributed by atoms with Crippen LogP contribution in [0.25, 0.3) is 0 Å². The molecule has 0 bridgehead atoms. The summed E-state index contributed by atoms with van der Waals surface area (Å²) >= 11 is 2.17. The number of hydrogen-bond donors (Lipinski definition) is 0. The molecule has 1 aromatic heterocycles. The normalized spacial score (nSPS) is 9.75. The van der Waals surface area contributed by atoms with Crippen molar-refractivity contribution in [1.29, 1.82) is 0 Å². The predicted molar refractivity (Wildman–Crippen MR) is 36.8 cm³/mol. The molecule has 0 radical (unpaired) electrons. The Morgan fingerprint density at radius 1 is 1.75 bits per heavy atom. The van der Waals surface area contributed by atoms with Crippen LogP contribution in [0, 0.1) is 6.92 Å². The van der Waals surface area contributed by atoms with Crippen LogP contribution in [0.3, 0.4) is 0 Å². The first-order chi connectivity index (χ1) is 3.83. The van der Waals surface area contributed by atoms with Gasteiger partial charge in [-0.2, -0.15) is 4.98 Å². The molecule has 0 fully saturated rings. The second kappa shape index (κ2) is 2.43. The van der Waals surface area contributed by atoms with Gasteiger partial charge in [-0.25, -0.2) is 0 Å². The molecule has 8 heavy (non-hydrogen) atoms. The third-order valence-corrected chi connectivity index (χ3v) is 1.34. The van der Waals surface area contributed by atoms with Crippen molar-refractivity contribution < 1.29 is 4.52 Å². The predicted octanol–water partition coefficient (Wildman–Crippen LogP) is 1.31. The highest BCUT2D eigenvalue weighted by Gasteiger charge is 1.96. The van der Waals surface area contributed by atoms with E-state index in [4.69, 9.17) is 4.52 Å². The molecule has 1 heterocycles. The van der Waals surface area contributed by atoms with E-state index in [1.54, 1.807) is 6.92 Å². The lowest BCUT2D eigenvalue weighted by Gasteiger charge is -1.73. The van der Waals surface area contributed by atoms with E-state index in [2.05, 4.69) is 32.7 Å². The highest BCUT2D eigenvalue weighted by atomic mass is 127. The minimum Gasteiger partial charge on any atom is -0.339 e. The summed E-state index contributed by atoms with van der Waals surface area (Å²) in [7, 11) is 0. The summed E-state index contributed by atoms with van der Waals surface area (Å²) in [6.45, 7) is 1.80. The fourth-order valence-electron chi connectivity index (χ4n) is 0.394. The van der Waals surface area contributed by atoms with Crippen molar-refractivity contribution in [2.75, 3.05) is 0 Å². The standard InChI is InChI=1S/C4H5IN2O/c1-3-6-4(2-5)8-7-3/h2H2,1H3. The lowest BCUT2D eigenvalue weighted by molar-refractivity contribution is 0.388. The van der Waals surface area contributed by atoms with Crippen molar-refractivity contribution in [2.24, 2.45) is 0 Å². The quantitative estimate of drug-likeness (QED) is 0.533. The largest absolute Gasteiger partial charge is 0.339 e. The van der Waals surface area contributed by atoms with E-state index >= 15 is 0 Å². The molecule has 0 saturated carbocycles. The Labute approximate surface area is 60.6 Å². The van der Waals surface area contributed by atoms with Gasteiger partial charge < -0.3 is 4.52 Å². The molecule has 0 unspecified atom stereocenters. The molecule has 0 aliphatic rings. The number of aromatic nitrogens is 2. The van der Waals surface area contributed by atoms with E-state index in [0.29, 0.717) is 11.7 Å². The average molecular weight is 224 g/mol. The molecule has 0 aliphatic carbocycles. The number of hydrogen-bond acceptors (Lipinski definition) is 3. The first-order valence-corrected chi connectivity index (χ1v) is 3.70. The van der Waals surface area contributed by atoms with Gasteiger partial charge in [0.05, 0.1) is 4.43 Å².